The Balaban J connectivity index is 2.18. The van der Waals surface area contributed by atoms with E-state index in [2.05, 4.69) is 28.7 Å². The lowest BCUT2D eigenvalue weighted by Gasteiger charge is -2.50. The van der Waals surface area contributed by atoms with Gasteiger partial charge in [-0.2, -0.15) is 0 Å². The molecule has 5 nitrogen and oxygen atoms in total. The van der Waals surface area contributed by atoms with Gasteiger partial charge >= 0.3 is 0 Å². The number of hydrogen-bond donors (Lipinski definition) is 1. The first-order chi connectivity index (χ1) is 9.42. The Kier molecular flexibility index (Phi) is 4.56. The van der Waals surface area contributed by atoms with Crippen LogP contribution in [-0.4, -0.2) is 53.7 Å². The molecule has 1 aromatic heterocycles. The van der Waals surface area contributed by atoms with Crippen LogP contribution >= 0.6 is 11.8 Å². The van der Waals surface area contributed by atoms with Crippen molar-refractivity contribution in [1.29, 1.82) is 0 Å². The van der Waals surface area contributed by atoms with E-state index in [1.54, 1.807) is 13.3 Å². The maximum atomic E-state index is 10.8. The first-order valence-corrected chi connectivity index (χ1v) is 7.98. The minimum absolute atomic E-state index is 0.258. The molecule has 1 atom stereocenters. The van der Waals surface area contributed by atoms with Crippen LogP contribution in [-0.2, 0) is 4.74 Å². The van der Waals surface area contributed by atoms with Gasteiger partial charge in [-0.05, 0) is 18.7 Å². The van der Waals surface area contributed by atoms with Crippen LogP contribution in [0.25, 0.3) is 0 Å². The number of aliphatic hydroxyl groups is 1. The van der Waals surface area contributed by atoms with E-state index in [-0.39, 0.29) is 5.41 Å². The maximum absolute atomic E-state index is 10.8. The number of nitrogens with zero attached hydrogens (tertiary/aromatic N) is 3. The Morgan fingerprint density at radius 2 is 2.25 bits per heavy atom. The number of methoxy groups -OCH3 is 1. The summed E-state index contributed by atoms with van der Waals surface area (Å²) in [6.45, 7) is 6.04. The second kappa shape index (κ2) is 5.87. The van der Waals surface area contributed by atoms with Crippen molar-refractivity contribution in [3.8, 4) is 0 Å². The van der Waals surface area contributed by atoms with Crippen LogP contribution in [0.4, 0.5) is 5.82 Å². The van der Waals surface area contributed by atoms with Crippen molar-refractivity contribution in [2.24, 2.45) is 5.41 Å². The van der Waals surface area contributed by atoms with Crippen LogP contribution in [0.3, 0.4) is 0 Å². The molecule has 112 valence electrons. The molecule has 1 fully saturated rings. The highest BCUT2D eigenvalue weighted by atomic mass is 32.2. The molecule has 1 aromatic rings. The third-order valence-electron chi connectivity index (χ3n) is 4.15. The molecule has 0 saturated carbocycles. The Bertz CT molecular complexity index is 469. The average molecular weight is 297 g/mol. The fourth-order valence-electron chi connectivity index (χ4n) is 2.67. The fraction of sp³-hybridized carbons (Fsp3) is 0.714. The van der Waals surface area contributed by atoms with Gasteiger partial charge in [-0.1, -0.05) is 25.6 Å². The lowest BCUT2D eigenvalue weighted by Crippen LogP contribution is -2.59. The van der Waals surface area contributed by atoms with Crippen LogP contribution in [0.1, 0.15) is 20.3 Å². The normalized spacial score (nSPS) is 25.8. The van der Waals surface area contributed by atoms with Crippen molar-refractivity contribution in [2.45, 2.75) is 31.0 Å². The number of anilines is 1. The van der Waals surface area contributed by atoms with Crippen LogP contribution in [0, 0.1) is 5.41 Å². The molecule has 6 heteroatoms. The SMILES string of the molecule is COC[C@]1(O)CCN(c2ccnc(SC)n2)CC1(C)C. The summed E-state index contributed by atoms with van der Waals surface area (Å²) in [4.78, 5) is 11.0. The van der Waals surface area contributed by atoms with Crippen molar-refractivity contribution < 1.29 is 9.84 Å². The summed E-state index contributed by atoms with van der Waals surface area (Å²) in [6, 6.07) is 1.93. The lowest BCUT2D eigenvalue weighted by molar-refractivity contribution is -0.122. The summed E-state index contributed by atoms with van der Waals surface area (Å²) in [7, 11) is 1.63. The molecule has 0 aromatic carbocycles. The molecule has 0 bridgehead atoms. The van der Waals surface area contributed by atoms with E-state index in [1.165, 1.54) is 11.8 Å². The highest BCUT2D eigenvalue weighted by Gasteiger charge is 2.47. The predicted octanol–water partition coefficient (Wildman–Crippen LogP) is 1.81. The number of hydrogen-bond acceptors (Lipinski definition) is 6. The van der Waals surface area contributed by atoms with Crippen molar-refractivity contribution in [3.63, 3.8) is 0 Å². The third-order valence-corrected chi connectivity index (χ3v) is 4.71. The largest absolute Gasteiger partial charge is 0.387 e. The van der Waals surface area contributed by atoms with E-state index in [0.717, 1.165) is 24.1 Å². The predicted molar refractivity (Wildman–Crippen MR) is 81.2 cm³/mol. The number of aromatic nitrogens is 2. The van der Waals surface area contributed by atoms with Gasteiger partial charge in [-0.15, -0.1) is 0 Å². The van der Waals surface area contributed by atoms with Gasteiger partial charge in [0.15, 0.2) is 5.16 Å². The molecule has 1 aliphatic rings. The minimum Gasteiger partial charge on any atom is -0.387 e. The van der Waals surface area contributed by atoms with E-state index in [4.69, 9.17) is 4.74 Å². The molecular formula is C14H23N3O2S. The van der Waals surface area contributed by atoms with Crippen LogP contribution in [0.5, 0.6) is 0 Å². The van der Waals surface area contributed by atoms with Gasteiger partial charge in [0, 0.05) is 31.8 Å². The first-order valence-electron chi connectivity index (χ1n) is 6.75. The Morgan fingerprint density at radius 1 is 1.50 bits per heavy atom. The fourth-order valence-corrected chi connectivity index (χ4v) is 3.02. The van der Waals surface area contributed by atoms with Gasteiger partial charge in [-0.25, -0.2) is 9.97 Å². The van der Waals surface area contributed by atoms with Gasteiger partial charge in [-0.3, -0.25) is 0 Å². The van der Waals surface area contributed by atoms with E-state index in [1.807, 2.05) is 12.3 Å². The van der Waals surface area contributed by atoms with E-state index >= 15 is 0 Å². The molecule has 2 heterocycles. The van der Waals surface area contributed by atoms with Crippen LogP contribution in [0.15, 0.2) is 17.4 Å². The van der Waals surface area contributed by atoms with Gasteiger partial charge in [0.1, 0.15) is 5.82 Å². The zero-order valence-corrected chi connectivity index (χ0v) is 13.4. The Morgan fingerprint density at radius 3 is 2.85 bits per heavy atom. The molecule has 1 aliphatic heterocycles. The standard InChI is InChI=1S/C14H23N3O2S/c1-13(2)9-17(8-6-14(13,18)10-19-3)11-5-7-15-12(16-11)20-4/h5,7,18H,6,8-10H2,1-4H3/t14-/m1/s1. The monoisotopic (exact) mass is 297 g/mol. The van der Waals surface area contributed by atoms with Crippen molar-refractivity contribution in [2.75, 3.05) is 38.0 Å². The average Bonchev–Trinajstić information content (AvgIpc) is 2.42. The molecule has 0 amide bonds. The van der Waals surface area contributed by atoms with Gasteiger partial charge in [0.25, 0.3) is 0 Å². The summed E-state index contributed by atoms with van der Waals surface area (Å²) < 4.78 is 5.20. The van der Waals surface area contributed by atoms with E-state index in [0.29, 0.717) is 13.0 Å². The van der Waals surface area contributed by atoms with Crippen molar-refractivity contribution in [3.05, 3.63) is 12.3 Å². The third kappa shape index (κ3) is 2.92. The minimum atomic E-state index is -0.784. The summed E-state index contributed by atoms with van der Waals surface area (Å²) in [5, 5.41) is 11.6. The Labute approximate surface area is 124 Å². The molecule has 0 spiro atoms. The molecule has 0 radical (unpaired) electrons. The summed E-state index contributed by atoms with van der Waals surface area (Å²) in [6.07, 6.45) is 4.43. The van der Waals surface area contributed by atoms with Gasteiger partial charge in [0.2, 0.25) is 0 Å². The van der Waals surface area contributed by atoms with Gasteiger partial charge < -0.3 is 14.7 Å². The molecule has 0 unspecified atom stereocenters. The second-order valence-corrected chi connectivity index (χ2v) is 6.69. The van der Waals surface area contributed by atoms with Crippen LogP contribution < -0.4 is 4.90 Å². The van der Waals surface area contributed by atoms with Crippen molar-refractivity contribution >= 4 is 17.6 Å². The lowest BCUT2D eigenvalue weighted by atomic mass is 9.70. The summed E-state index contributed by atoms with van der Waals surface area (Å²) in [5.74, 6) is 0.928. The first kappa shape index (κ1) is 15.5. The number of rotatable bonds is 4. The van der Waals surface area contributed by atoms with E-state index < -0.39 is 5.60 Å². The summed E-state index contributed by atoms with van der Waals surface area (Å²) >= 11 is 1.54. The summed E-state index contributed by atoms with van der Waals surface area (Å²) in [5.41, 5.74) is -1.04. The van der Waals surface area contributed by atoms with Gasteiger partial charge in [0.05, 0.1) is 12.2 Å². The smallest absolute Gasteiger partial charge is 0.189 e. The highest BCUT2D eigenvalue weighted by Crippen LogP contribution is 2.40. The molecule has 1 saturated heterocycles. The zero-order valence-electron chi connectivity index (χ0n) is 12.6. The topological polar surface area (TPSA) is 58.5 Å². The number of ether oxygens (including phenoxy) is 1. The molecule has 1 N–H and O–H groups in total. The highest BCUT2D eigenvalue weighted by molar-refractivity contribution is 7.98. The molecule has 20 heavy (non-hydrogen) atoms. The Hall–Kier alpha value is -0.850. The molecule has 2 rings (SSSR count). The molecular weight excluding hydrogens is 274 g/mol. The number of thioether (sulfide) groups is 1. The van der Waals surface area contributed by atoms with Crippen LogP contribution in [0.2, 0.25) is 0 Å². The maximum Gasteiger partial charge on any atom is 0.189 e. The van der Waals surface area contributed by atoms with Crippen molar-refractivity contribution in [1.82, 2.24) is 9.97 Å². The second-order valence-electron chi connectivity index (χ2n) is 5.92. The quantitative estimate of drug-likeness (QED) is 0.676. The zero-order chi connectivity index (χ0) is 14.8. The van der Waals surface area contributed by atoms with E-state index in [9.17, 15) is 5.11 Å². The molecule has 0 aliphatic carbocycles. The number of piperidine rings is 1.